The summed E-state index contributed by atoms with van der Waals surface area (Å²) in [6.45, 7) is 0. The molecule has 0 spiro atoms. The molecule has 1 rings (SSSR count). The molecule has 0 aromatic carbocycles. The van der Waals surface area contributed by atoms with Crippen molar-refractivity contribution in [1.29, 1.82) is 0 Å². The zero-order valence-corrected chi connectivity index (χ0v) is 9.25. The Morgan fingerprint density at radius 2 is 1.58 bits per heavy atom. The van der Waals surface area contributed by atoms with Crippen LogP contribution in [0.4, 0.5) is 0 Å². The molecule has 2 N–H and O–H groups in total. The molecule has 0 aromatic rings. The highest BCUT2D eigenvalue weighted by Crippen LogP contribution is 2.22. The largest absolute Gasteiger partial charge is 0.288 e. The van der Waals surface area contributed by atoms with Gasteiger partial charge in [0, 0.05) is 0 Å². The Balaban J connectivity index is 2.35. The summed E-state index contributed by atoms with van der Waals surface area (Å²) in [5.74, 6) is 1.12. The van der Waals surface area contributed by atoms with Gasteiger partial charge in [0.1, 0.15) is 0 Å². The number of thiol groups is 1. The fraction of sp³-hybridized carbons (Fsp3) is 1.00. The Kier molecular flexibility index (Phi) is 5.68. The van der Waals surface area contributed by atoms with E-state index >= 15 is 0 Å². The summed E-state index contributed by atoms with van der Waals surface area (Å²) in [7, 11) is 0. The van der Waals surface area contributed by atoms with Crippen molar-refractivity contribution in [3.05, 3.63) is 0 Å². The van der Waals surface area contributed by atoms with Crippen molar-refractivity contribution in [2.45, 2.75) is 44.7 Å². The fourth-order valence-electron chi connectivity index (χ4n) is 1.77. The highest BCUT2D eigenvalue weighted by atomic mass is 32.2. The second kappa shape index (κ2) is 6.27. The SMILES string of the molecule is NSB1CCCCCCCB1S. The molecule has 0 amide bonds. The van der Waals surface area contributed by atoms with E-state index < -0.39 is 0 Å². The van der Waals surface area contributed by atoms with Crippen LogP contribution in [0.15, 0.2) is 0 Å². The van der Waals surface area contributed by atoms with Crippen LogP contribution in [0.25, 0.3) is 0 Å². The summed E-state index contributed by atoms with van der Waals surface area (Å²) in [6, 6.07) is 0. The number of hydrogen-bond acceptors (Lipinski definition) is 3. The Bertz CT molecular complexity index is 126. The molecule has 1 nitrogen and oxygen atoms in total. The van der Waals surface area contributed by atoms with E-state index in [1.54, 1.807) is 0 Å². The van der Waals surface area contributed by atoms with Crippen LogP contribution in [0.5, 0.6) is 0 Å². The summed E-state index contributed by atoms with van der Waals surface area (Å²) >= 11 is 6.11. The quantitative estimate of drug-likeness (QED) is 0.387. The lowest BCUT2D eigenvalue weighted by atomic mass is 9.33. The first-order chi connectivity index (χ1) is 5.84. The smallest absolute Gasteiger partial charge is 0.210 e. The van der Waals surface area contributed by atoms with Crippen LogP contribution in [0.3, 0.4) is 0 Å². The van der Waals surface area contributed by atoms with Crippen molar-refractivity contribution < 1.29 is 0 Å². The molecular weight excluding hydrogens is 184 g/mol. The van der Waals surface area contributed by atoms with Gasteiger partial charge in [0.2, 0.25) is 5.88 Å². The van der Waals surface area contributed by atoms with E-state index in [4.69, 9.17) is 5.14 Å². The highest BCUT2D eigenvalue weighted by molar-refractivity contribution is 8.38. The average Bonchev–Trinajstić information content (AvgIpc) is 2.17. The van der Waals surface area contributed by atoms with Crippen LogP contribution in [-0.4, -0.2) is 11.8 Å². The van der Waals surface area contributed by atoms with Crippen molar-refractivity contribution in [1.82, 2.24) is 0 Å². The van der Waals surface area contributed by atoms with E-state index in [1.807, 2.05) is 0 Å². The van der Waals surface area contributed by atoms with E-state index in [0.717, 1.165) is 0 Å². The Hall–Kier alpha value is 0.790. The zero-order chi connectivity index (χ0) is 8.81. The van der Waals surface area contributed by atoms with E-state index in [1.165, 1.54) is 56.5 Å². The van der Waals surface area contributed by atoms with E-state index in [2.05, 4.69) is 12.5 Å². The molecule has 0 aliphatic carbocycles. The van der Waals surface area contributed by atoms with Crippen molar-refractivity contribution in [2.75, 3.05) is 0 Å². The average molecular weight is 201 g/mol. The van der Waals surface area contributed by atoms with Crippen LogP contribution in [0.2, 0.25) is 12.6 Å². The first-order valence-corrected chi connectivity index (χ1v) is 6.34. The zero-order valence-electron chi connectivity index (χ0n) is 7.54. The Labute approximate surface area is 86.1 Å². The molecule has 0 saturated carbocycles. The predicted molar refractivity (Wildman–Crippen MR) is 65.0 cm³/mol. The normalized spacial score (nSPS) is 21.5. The van der Waals surface area contributed by atoms with Gasteiger partial charge in [-0.3, -0.25) is 5.14 Å². The summed E-state index contributed by atoms with van der Waals surface area (Å²) in [4.78, 5) is 0. The molecule has 0 radical (unpaired) electrons. The molecule has 68 valence electrons. The third-order valence-corrected chi connectivity index (χ3v) is 4.33. The van der Waals surface area contributed by atoms with Gasteiger partial charge in [0.05, 0.1) is 0 Å². The summed E-state index contributed by atoms with van der Waals surface area (Å²) in [5.41, 5.74) is 0. The van der Waals surface area contributed by atoms with Gasteiger partial charge in [-0.25, -0.2) is 12.5 Å². The minimum atomic E-state index is 0.526. The van der Waals surface area contributed by atoms with Gasteiger partial charge in [-0.15, -0.1) is 11.8 Å². The third kappa shape index (κ3) is 3.67. The third-order valence-electron chi connectivity index (χ3n) is 2.59. The summed E-state index contributed by atoms with van der Waals surface area (Å²) < 4.78 is 0. The molecule has 5 heteroatoms. The van der Waals surface area contributed by atoms with Crippen LogP contribution >= 0.6 is 24.3 Å². The lowest BCUT2D eigenvalue weighted by Crippen LogP contribution is -2.28. The number of nitrogens with two attached hydrogens (primary N) is 1. The van der Waals surface area contributed by atoms with E-state index in [-0.39, 0.29) is 0 Å². The second-order valence-electron chi connectivity index (χ2n) is 3.59. The fourth-order valence-corrected chi connectivity index (χ4v) is 2.93. The molecule has 0 unspecified atom stereocenters. The van der Waals surface area contributed by atoms with Crippen molar-refractivity contribution >= 4 is 36.0 Å². The molecule has 1 heterocycles. The molecule has 1 aliphatic heterocycles. The molecule has 12 heavy (non-hydrogen) atoms. The van der Waals surface area contributed by atoms with Gasteiger partial charge in [0.15, 0.2) is 5.88 Å². The van der Waals surface area contributed by atoms with Crippen LogP contribution < -0.4 is 5.14 Å². The minimum Gasteiger partial charge on any atom is -0.288 e. The monoisotopic (exact) mass is 201 g/mol. The summed E-state index contributed by atoms with van der Waals surface area (Å²) in [5, 5.41) is 5.63. The molecule has 1 saturated heterocycles. The summed E-state index contributed by atoms with van der Waals surface area (Å²) in [6.07, 6.45) is 9.36. The van der Waals surface area contributed by atoms with Crippen LogP contribution in [0.1, 0.15) is 32.1 Å². The Morgan fingerprint density at radius 3 is 2.25 bits per heavy atom. The maximum atomic E-state index is 5.63. The Morgan fingerprint density at radius 1 is 1.00 bits per heavy atom. The van der Waals surface area contributed by atoms with Crippen LogP contribution in [0, 0.1) is 0 Å². The lowest BCUT2D eigenvalue weighted by Gasteiger charge is -2.12. The highest BCUT2D eigenvalue weighted by Gasteiger charge is 2.25. The van der Waals surface area contributed by atoms with Crippen molar-refractivity contribution in [3.63, 3.8) is 0 Å². The molecule has 0 atom stereocenters. The molecule has 0 aromatic heterocycles. The molecular formula is C7H17B2NS2. The van der Waals surface area contributed by atoms with Gasteiger partial charge >= 0.3 is 0 Å². The van der Waals surface area contributed by atoms with Gasteiger partial charge in [-0.1, -0.05) is 44.7 Å². The van der Waals surface area contributed by atoms with Crippen molar-refractivity contribution in [2.24, 2.45) is 5.14 Å². The van der Waals surface area contributed by atoms with Crippen LogP contribution in [-0.2, 0) is 0 Å². The second-order valence-corrected chi connectivity index (χ2v) is 5.13. The predicted octanol–water partition coefficient (Wildman–Crippen LogP) is 2.55. The van der Waals surface area contributed by atoms with Gasteiger partial charge in [-0.05, 0) is 0 Å². The van der Waals surface area contributed by atoms with E-state index in [9.17, 15) is 0 Å². The minimum absolute atomic E-state index is 0.526. The molecule has 0 bridgehead atoms. The first kappa shape index (κ1) is 10.9. The maximum Gasteiger partial charge on any atom is 0.210 e. The molecule has 1 fully saturated rings. The van der Waals surface area contributed by atoms with E-state index in [0.29, 0.717) is 11.8 Å². The lowest BCUT2D eigenvalue weighted by molar-refractivity contribution is 0.658. The number of rotatable bonds is 1. The van der Waals surface area contributed by atoms with Crippen molar-refractivity contribution in [3.8, 4) is 0 Å². The standard InChI is InChI=1S/C7H17B2NS2/c10-12-9-7-5-3-1-2-4-6-8(9)11/h11H,1-7,10H2. The van der Waals surface area contributed by atoms with Gasteiger partial charge in [-0.2, -0.15) is 0 Å². The first-order valence-electron chi connectivity index (χ1n) is 4.88. The number of hydrogen-bond donors (Lipinski definition) is 2. The topological polar surface area (TPSA) is 26.0 Å². The molecule has 1 aliphatic rings. The van der Waals surface area contributed by atoms with Gasteiger partial charge < -0.3 is 0 Å². The maximum absolute atomic E-state index is 5.63. The van der Waals surface area contributed by atoms with Gasteiger partial charge in [0.25, 0.3) is 0 Å².